The number of nitrogens with zero attached hydrogens (tertiary/aromatic N) is 3. The maximum atomic E-state index is 14.2. The maximum Gasteiger partial charge on any atom is 0.231 e. The van der Waals surface area contributed by atoms with E-state index in [1.807, 2.05) is 44.2 Å². The zero-order valence-electron chi connectivity index (χ0n) is 19.3. The SMILES string of the molecule is COc1ccc(Nc2cc(N3CCCCC3)nc(Nc3ccc(OC(C)C)cc3)n2)cc1F. The zero-order valence-corrected chi connectivity index (χ0v) is 19.3. The van der Waals surface area contributed by atoms with Gasteiger partial charge in [0.1, 0.15) is 17.4 Å². The number of halogens is 1. The first-order valence-electron chi connectivity index (χ1n) is 11.3. The zero-order chi connectivity index (χ0) is 23.2. The minimum absolute atomic E-state index is 0.116. The van der Waals surface area contributed by atoms with E-state index in [0.29, 0.717) is 17.5 Å². The highest BCUT2D eigenvalue weighted by molar-refractivity contribution is 5.65. The molecule has 2 heterocycles. The lowest BCUT2D eigenvalue weighted by Gasteiger charge is -2.28. The number of rotatable bonds is 8. The van der Waals surface area contributed by atoms with E-state index >= 15 is 0 Å². The third-order valence-corrected chi connectivity index (χ3v) is 5.30. The normalized spacial score (nSPS) is 13.7. The fraction of sp³-hybridized carbons (Fsp3) is 0.360. The Kier molecular flexibility index (Phi) is 7.12. The van der Waals surface area contributed by atoms with E-state index in [-0.39, 0.29) is 11.9 Å². The van der Waals surface area contributed by atoms with E-state index in [1.54, 1.807) is 12.1 Å². The molecule has 0 spiro atoms. The average Bonchev–Trinajstić information content (AvgIpc) is 2.81. The van der Waals surface area contributed by atoms with E-state index in [9.17, 15) is 4.39 Å². The highest BCUT2D eigenvalue weighted by atomic mass is 19.1. The minimum atomic E-state index is -0.435. The molecule has 0 amide bonds. The van der Waals surface area contributed by atoms with Crippen molar-refractivity contribution in [2.75, 3.05) is 35.7 Å². The molecular weight excluding hydrogens is 421 g/mol. The van der Waals surface area contributed by atoms with Crippen molar-refractivity contribution in [2.45, 2.75) is 39.2 Å². The van der Waals surface area contributed by atoms with Gasteiger partial charge in [-0.15, -0.1) is 0 Å². The van der Waals surface area contributed by atoms with Crippen molar-refractivity contribution in [1.29, 1.82) is 0 Å². The van der Waals surface area contributed by atoms with Crippen LogP contribution in [-0.2, 0) is 0 Å². The van der Waals surface area contributed by atoms with Gasteiger partial charge in [-0.3, -0.25) is 0 Å². The van der Waals surface area contributed by atoms with Gasteiger partial charge in [0.2, 0.25) is 5.95 Å². The monoisotopic (exact) mass is 451 g/mol. The first-order valence-corrected chi connectivity index (χ1v) is 11.3. The topological polar surface area (TPSA) is 71.5 Å². The molecule has 0 saturated carbocycles. The molecule has 4 rings (SSSR count). The van der Waals surface area contributed by atoms with Gasteiger partial charge in [0, 0.05) is 36.6 Å². The summed E-state index contributed by atoms with van der Waals surface area (Å²) in [6, 6.07) is 14.3. The average molecular weight is 452 g/mol. The highest BCUT2D eigenvalue weighted by Crippen LogP contribution is 2.28. The number of piperidine rings is 1. The summed E-state index contributed by atoms with van der Waals surface area (Å²) in [7, 11) is 1.44. The Morgan fingerprint density at radius 1 is 0.909 bits per heavy atom. The Hall–Kier alpha value is -3.55. The fourth-order valence-corrected chi connectivity index (χ4v) is 3.75. The van der Waals surface area contributed by atoms with Crippen LogP contribution in [0.3, 0.4) is 0 Å². The number of hydrogen-bond donors (Lipinski definition) is 2. The first-order chi connectivity index (χ1) is 16.0. The second kappa shape index (κ2) is 10.4. The molecular formula is C25H30FN5O2. The molecule has 174 valence electrons. The van der Waals surface area contributed by atoms with Crippen LogP contribution in [-0.4, -0.2) is 36.3 Å². The fourth-order valence-electron chi connectivity index (χ4n) is 3.75. The second-order valence-corrected chi connectivity index (χ2v) is 8.27. The van der Waals surface area contributed by atoms with Crippen LogP contribution in [0.25, 0.3) is 0 Å². The maximum absolute atomic E-state index is 14.2. The summed E-state index contributed by atoms with van der Waals surface area (Å²) >= 11 is 0. The van der Waals surface area contributed by atoms with Gasteiger partial charge >= 0.3 is 0 Å². The van der Waals surface area contributed by atoms with E-state index < -0.39 is 5.82 Å². The van der Waals surface area contributed by atoms with Crippen LogP contribution in [0.1, 0.15) is 33.1 Å². The quantitative estimate of drug-likeness (QED) is 0.442. The molecule has 2 aromatic carbocycles. The van der Waals surface area contributed by atoms with E-state index in [4.69, 9.17) is 14.5 Å². The molecule has 1 aromatic heterocycles. The standard InChI is InChI=1S/C25H30FN5O2/c1-17(2)33-20-10-7-18(8-11-20)28-25-29-23(16-24(30-25)31-13-5-4-6-14-31)27-19-9-12-22(32-3)21(26)15-19/h7-12,15-17H,4-6,13-14H2,1-3H3,(H2,27,28,29,30). The van der Waals surface area contributed by atoms with Gasteiger partial charge in [0.25, 0.3) is 0 Å². The number of nitrogens with one attached hydrogen (secondary N) is 2. The van der Waals surface area contributed by atoms with Gasteiger partial charge in [0.15, 0.2) is 11.6 Å². The third kappa shape index (κ3) is 6.03. The number of anilines is 5. The van der Waals surface area contributed by atoms with Crippen molar-refractivity contribution >= 4 is 29.0 Å². The Morgan fingerprint density at radius 2 is 1.64 bits per heavy atom. The number of methoxy groups -OCH3 is 1. The molecule has 8 heteroatoms. The molecule has 33 heavy (non-hydrogen) atoms. The van der Waals surface area contributed by atoms with Crippen LogP contribution < -0.4 is 25.0 Å². The first kappa shape index (κ1) is 22.6. The van der Waals surface area contributed by atoms with Gasteiger partial charge in [-0.25, -0.2) is 4.39 Å². The van der Waals surface area contributed by atoms with Crippen LogP contribution >= 0.6 is 0 Å². The van der Waals surface area contributed by atoms with Crippen LogP contribution in [0, 0.1) is 5.82 Å². The number of aromatic nitrogens is 2. The Labute approximate surface area is 194 Å². The smallest absolute Gasteiger partial charge is 0.231 e. The molecule has 2 N–H and O–H groups in total. The lowest BCUT2D eigenvalue weighted by Crippen LogP contribution is -2.30. The summed E-state index contributed by atoms with van der Waals surface area (Å²) in [5, 5.41) is 6.48. The van der Waals surface area contributed by atoms with E-state index in [0.717, 1.165) is 43.2 Å². The van der Waals surface area contributed by atoms with Gasteiger partial charge in [-0.2, -0.15) is 9.97 Å². The molecule has 1 aliphatic rings. The van der Waals surface area contributed by atoms with Gasteiger partial charge < -0.3 is 25.0 Å². The molecule has 3 aromatic rings. The van der Waals surface area contributed by atoms with Crippen LogP contribution in [0.4, 0.5) is 33.3 Å². The van der Waals surface area contributed by atoms with Crippen molar-refractivity contribution in [3.63, 3.8) is 0 Å². The molecule has 0 atom stereocenters. The van der Waals surface area contributed by atoms with Crippen molar-refractivity contribution in [3.05, 3.63) is 54.3 Å². The van der Waals surface area contributed by atoms with Gasteiger partial charge in [-0.05, 0) is 69.5 Å². The van der Waals surface area contributed by atoms with Crippen molar-refractivity contribution in [3.8, 4) is 11.5 Å². The third-order valence-electron chi connectivity index (χ3n) is 5.30. The van der Waals surface area contributed by atoms with Crippen molar-refractivity contribution in [2.24, 2.45) is 0 Å². The summed E-state index contributed by atoms with van der Waals surface area (Å²) in [6.07, 6.45) is 3.62. The Bertz CT molecular complexity index is 1070. The summed E-state index contributed by atoms with van der Waals surface area (Å²) in [4.78, 5) is 11.6. The van der Waals surface area contributed by atoms with E-state index in [1.165, 1.54) is 19.6 Å². The summed E-state index contributed by atoms with van der Waals surface area (Å²) in [5.74, 6) is 2.45. The number of benzene rings is 2. The number of hydrogen-bond acceptors (Lipinski definition) is 7. The Balaban J connectivity index is 1.59. The number of ether oxygens (including phenoxy) is 2. The van der Waals surface area contributed by atoms with Crippen LogP contribution in [0.2, 0.25) is 0 Å². The summed E-state index contributed by atoms with van der Waals surface area (Å²) in [6.45, 7) is 5.90. The summed E-state index contributed by atoms with van der Waals surface area (Å²) in [5.41, 5.74) is 1.43. The van der Waals surface area contributed by atoms with Crippen LogP contribution in [0.15, 0.2) is 48.5 Å². The Morgan fingerprint density at radius 3 is 2.30 bits per heavy atom. The highest BCUT2D eigenvalue weighted by Gasteiger charge is 2.16. The minimum Gasteiger partial charge on any atom is -0.494 e. The molecule has 0 bridgehead atoms. The van der Waals surface area contributed by atoms with E-state index in [2.05, 4.69) is 20.5 Å². The molecule has 1 saturated heterocycles. The largest absolute Gasteiger partial charge is 0.494 e. The predicted molar refractivity (Wildman–Crippen MR) is 130 cm³/mol. The molecule has 1 fully saturated rings. The summed E-state index contributed by atoms with van der Waals surface area (Å²) < 4.78 is 24.9. The lowest BCUT2D eigenvalue weighted by atomic mass is 10.1. The predicted octanol–water partition coefficient (Wildman–Crippen LogP) is 5.89. The molecule has 0 aliphatic carbocycles. The van der Waals surface area contributed by atoms with Crippen LogP contribution in [0.5, 0.6) is 11.5 Å². The second-order valence-electron chi connectivity index (χ2n) is 8.27. The van der Waals surface area contributed by atoms with Crippen molar-refractivity contribution < 1.29 is 13.9 Å². The molecule has 0 unspecified atom stereocenters. The lowest BCUT2D eigenvalue weighted by molar-refractivity contribution is 0.242. The molecule has 7 nitrogen and oxygen atoms in total. The van der Waals surface area contributed by atoms with Gasteiger partial charge in [-0.1, -0.05) is 0 Å². The molecule has 1 aliphatic heterocycles. The molecule has 0 radical (unpaired) electrons. The van der Waals surface area contributed by atoms with Gasteiger partial charge in [0.05, 0.1) is 13.2 Å². The van der Waals surface area contributed by atoms with Crippen molar-refractivity contribution in [1.82, 2.24) is 9.97 Å².